The summed E-state index contributed by atoms with van der Waals surface area (Å²) in [5.41, 5.74) is 1.63. The van der Waals surface area contributed by atoms with Crippen molar-refractivity contribution in [2.75, 3.05) is 0 Å². The van der Waals surface area contributed by atoms with E-state index in [-0.39, 0.29) is 16.7 Å². The molecule has 2 aliphatic rings. The lowest BCUT2D eigenvalue weighted by Gasteiger charge is -2.27. The van der Waals surface area contributed by atoms with E-state index < -0.39 is 23.3 Å². The second kappa shape index (κ2) is 8.45. The minimum absolute atomic E-state index is 0.174. The zero-order valence-corrected chi connectivity index (χ0v) is 20.8. The Labute approximate surface area is 217 Å². The van der Waals surface area contributed by atoms with Crippen LogP contribution in [0.4, 0.5) is 0 Å². The van der Waals surface area contributed by atoms with E-state index in [1.807, 2.05) is 18.2 Å². The fraction of sp³-hybridized carbons (Fsp3) is 0.0769. The molecule has 1 aromatic heterocycles. The van der Waals surface area contributed by atoms with Gasteiger partial charge < -0.3 is 13.9 Å². The van der Waals surface area contributed by atoms with Crippen molar-refractivity contribution >= 4 is 39.1 Å². The largest absolute Gasteiger partial charge is 0.456 e. The highest BCUT2D eigenvalue weighted by molar-refractivity contribution is 9.10. The summed E-state index contributed by atoms with van der Waals surface area (Å²) in [4.78, 5) is 26.7. The summed E-state index contributed by atoms with van der Waals surface area (Å²) in [6, 6.07) is 19.2. The number of hydrogen-bond acceptors (Lipinski definition) is 5. The number of hydrogen-bond donors (Lipinski definition) is 0. The quantitative estimate of drug-likeness (QED) is 0.277. The second-order valence-corrected chi connectivity index (χ2v) is 9.72. The molecule has 6 nitrogen and oxygen atoms in total. The van der Waals surface area contributed by atoms with Crippen LogP contribution in [-0.4, -0.2) is 4.57 Å². The summed E-state index contributed by atoms with van der Waals surface area (Å²) in [7, 11) is 0. The number of aromatic nitrogens is 1. The van der Waals surface area contributed by atoms with Crippen LogP contribution >= 0.6 is 39.1 Å². The third kappa shape index (κ3) is 3.62. The highest BCUT2D eigenvalue weighted by Gasteiger charge is 2.43. The minimum Gasteiger partial charge on any atom is -0.456 e. The Hall–Kier alpha value is -3.26. The smallest absolute Gasteiger partial charge is 0.426 e. The van der Waals surface area contributed by atoms with Crippen molar-refractivity contribution in [1.29, 1.82) is 0 Å². The molecule has 0 spiro atoms. The summed E-state index contributed by atoms with van der Waals surface area (Å²) in [5, 5.41) is 0.591. The molecule has 0 saturated heterocycles. The van der Waals surface area contributed by atoms with Gasteiger partial charge in [0.2, 0.25) is 0 Å². The number of rotatable bonds is 3. The lowest BCUT2D eigenvalue weighted by molar-refractivity contribution is 0.0599. The normalized spacial score (nSPS) is 17.6. The van der Waals surface area contributed by atoms with Gasteiger partial charge in [0.05, 0.1) is 22.2 Å². The van der Waals surface area contributed by atoms with Gasteiger partial charge in [-0.15, -0.1) is 0 Å². The van der Waals surface area contributed by atoms with Crippen molar-refractivity contribution in [3.05, 3.63) is 125 Å². The number of nitrogens with zero attached hydrogens (tertiary/aromatic N) is 1. The van der Waals surface area contributed by atoms with Gasteiger partial charge in [-0.25, -0.2) is 9.36 Å². The standard InChI is InChI=1S/C26H14BrCl2NO5/c27-13-8-10-14(11-9-13)30-25(31)21-17-12-20(33-19-7-3-6-18(28)22(19)29)34-23(17)15-4-1-2-5-16(15)24(21)35-26(30)32/h1-12,17,23H. The molecule has 6 rings (SSSR count). The first-order valence-corrected chi connectivity index (χ1v) is 12.1. The topological polar surface area (TPSA) is 70.7 Å². The molecule has 174 valence electrons. The number of ether oxygens (including phenoxy) is 2. The highest BCUT2D eigenvalue weighted by atomic mass is 79.9. The van der Waals surface area contributed by atoms with E-state index in [9.17, 15) is 9.59 Å². The SMILES string of the molecule is O=c1oc2c(c(=O)n1-c1ccc(Br)cc1)C1C=C(Oc3cccc(Cl)c3Cl)OC1c1ccccc1-2. The summed E-state index contributed by atoms with van der Waals surface area (Å²) >= 11 is 15.8. The zero-order chi connectivity index (χ0) is 24.3. The van der Waals surface area contributed by atoms with Gasteiger partial charge in [-0.2, -0.15) is 0 Å². The second-order valence-electron chi connectivity index (χ2n) is 8.02. The Bertz CT molecular complexity index is 1640. The van der Waals surface area contributed by atoms with E-state index in [0.717, 1.165) is 14.6 Å². The van der Waals surface area contributed by atoms with Gasteiger partial charge in [0.15, 0.2) is 5.75 Å². The van der Waals surface area contributed by atoms with Gasteiger partial charge >= 0.3 is 5.76 Å². The van der Waals surface area contributed by atoms with Crippen molar-refractivity contribution in [1.82, 2.24) is 4.57 Å². The Morgan fingerprint density at radius 1 is 0.943 bits per heavy atom. The van der Waals surface area contributed by atoms with Gasteiger partial charge in [-0.05, 0) is 36.4 Å². The van der Waals surface area contributed by atoms with Crippen molar-refractivity contribution in [3.63, 3.8) is 0 Å². The predicted molar refractivity (Wildman–Crippen MR) is 135 cm³/mol. The Morgan fingerprint density at radius 3 is 2.51 bits per heavy atom. The maximum atomic E-state index is 13.8. The van der Waals surface area contributed by atoms with E-state index in [2.05, 4.69) is 15.9 Å². The monoisotopic (exact) mass is 569 g/mol. The molecule has 4 aromatic rings. The van der Waals surface area contributed by atoms with Gasteiger partial charge in [-0.1, -0.05) is 69.5 Å². The molecular formula is C26H14BrCl2NO5. The maximum Gasteiger partial charge on any atom is 0.426 e. The van der Waals surface area contributed by atoms with Gasteiger partial charge in [0.25, 0.3) is 11.5 Å². The van der Waals surface area contributed by atoms with Crippen LogP contribution in [0.2, 0.25) is 10.0 Å². The summed E-state index contributed by atoms with van der Waals surface area (Å²) in [6.07, 6.45) is 1.15. The van der Waals surface area contributed by atoms with Crippen LogP contribution in [-0.2, 0) is 4.74 Å². The molecule has 0 amide bonds. The molecule has 0 fully saturated rings. The Balaban J connectivity index is 1.53. The van der Waals surface area contributed by atoms with Crippen LogP contribution in [0, 0.1) is 0 Å². The molecule has 0 saturated carbocycles. The molecule has 0 bridgehead atoms. The molecule has 3 aromatic carbocycles. The third-order valence-corrected chi connectivity index (χ3v) is 7.32. The molecule has 0 N–H and O–H groups in total. The predicted octanol–water partition coefficient (Wildman–Crippen LogP) is 6.62. The molecular weight excluding hydrogens is 557 g/mol. The van der Waals surface area contributed by atoms with Crippen LogP contribution in [0.1, 0.15) is 23.1 Å². The van der Waals surface area contributed by atoms with E-state index in [0.29, 0.717) is 27.6 Å². The van der Waals surface area contributed by atoms with Crippen LogP contribution in [0.3, 0.4) is 0 Å². The zero-order valence-electron chi connectivity index (χ0n) is 17.7. The highest BCUT2D eigenvalue weighted by Crippen LogP contribution is 2.51. The lowest BCUT2D eigenvalue weighted by Crippen LogP contribution is -2.36. The Kier molecular flexibility index (Phi) is 5.36. The minimum atomic E-state index is -0.769. The van der Waals surface area contributed by atoms with E-state index in [4.69, 9.17) is 37.1 Å². The van der Waals surface area contributed by atoms with Crippen molar-refractivity contribution < 1.29 is 13.9 Å². The fourth-order valence-corrected chi connectivity index (χ4v) is 5.03. The van der Waals surface area contributed by atoms with E-state index in [1.54, 1.807) is 54.6 Å². The maximum absolute atomic E-state index is 13.8. The first-order chi connectivity index (χ1) is 16.9. The molecule has 2 unspecified atom stereocenters. The average Bonchev–Trinajstić information content (AvgIpc) is 3.27. The summed E-state index contributed by atoms with van der Waals surface area (Å²) < 4.78 is 19.7. The number of fused-ring (bicyclic) bond motifs is 6. The van der Waals surface area contributed by atoms with Crippen molar-refractivity contribution in [2.45, 2.75) is 12.0 Å². The average molecular weight is 571 g/mol. The van der Waals surface area contributed by atoms with Gasteiger partial charge in [0, 0.05) is 21.7 Å². The summed E-state index contributed by atoms with van der Waals surface area (Å²) in [5.74, 6) is -0.593. The number of benzene rings is 3. The van der Waals surface area contributed by atoms with Crippen molar-refractivity contribution in [3.8, 4) is 22.8 Å². The molecule has 1 aliphatic heterocycles. The van der Waals surface area contributed by atoms with E-state index in [1.165, 1.54) is 0 Å². The molecule has 0 radical (unpaired) electrons. The molecule has 1 aliphatic carbocycles. The van der Waals surface area contributed by atoms with Crippen LogP contribution < -0.4 is 16.1 Å². The van der Waals surface area contributed by atoms with Crippen LogP contribution in [0.5, 0.6) is 5.75 Å². The number of halogens is 3. The first kappa shape index (κ1) is 22.2. The van der Waals surface area contributed by atoms with Crippen LogP contribution in [0.25, 0.3) is 17.0 Å². The molecule has 35 heavy (non-hydrogen) atoms. The third-order valence-electron chi connectivity index (χ3n) is 5.99. The molecule has 2 heterocycles. The van der Waals surface area contributed by atoms with Crippen molar-refractivity contribution in [2.24, 2.45) is 0 Å². The van der Waals surface area contributed by atoms with E-state index >= 15 is 0 Å². The molecule has 9 heteroatoms. The summed E-state index contributed by atoms with van der Waals surface area (Å²) in [6.45, 7) is 0. The lowest BCUT2D eigenvalue weighted by atomic mass is 9.81. The molecule has 2 atom stereocenters. The first-order valence-electron chi connectivity index (χ1n) is 10.6. The van der Waals surface area contributed by atoms with Crippen LogP contribution in [0.15, 0.2) is 97.2 Å². The van der Waals surface area contributed by atoms with Gasteiger partial charge in [0.1, 0.15) is 16.9 Å². The fourth-order valence-electron chi connectivity index (χ4n) is 4.44. The Morgan fingerprint density at radius 2 is 1.71 bits per heavy atom. The van der Waals surface area contributed by atoms with Gasteiger partial charge in [-0.3, -0.25) is 4.79 Å².